The SMILES string of the molecule is CC1CCC2(CC1)NC(=O)N(NC(=O)CN1CCn3cccc3[C@H]1C)C2=O. The lowest BCUT2D eigenvalue weighted by Gasteiger charge is -2.35. The maximum absolute atomic E-state index is 12.8. The molecule has 1 aliphatic carbocycles. The van der Waals surface area contributed by atoms with Gasteiger partial charge in [-0.3, -0.25) is 19.9 Å². The Hall–Kier alpha value is -2.35. The first-order chi connectivity index (χ1) is 12.9. The van der Waals surface area contributed by atoms with Crippen LogP contribution in [0.15, 0.2) is 18.3 Å². The summed E-state index contributed by atoms with van der Waals surface area (Å²) in [4.78, 5) is 39.8. The van der Waals surface area contributed by atoms with Gasteiger partial charge in [0.2, 0.25) is 0 Å². The van der Waals surface area contributed by atoms with Crippen molar-refractivity contribution in [3.8, 4) is 0 Å². The average molecular weight is 373 g/mol. The Morgan fingerprint density at radius 1 is 1.26 bits per heavy atom. The Morgan fingerprint density at radius 2 is 2.00 bits per heavy atom. The highest BCUT2D eigenvalue weighted by Crippen LogP contribution is 2.35. The fraction of sp³-hybridized carbons (Fsp3) is 0.632. The molecule has 2 fully saturated rings. The predicted octanol–water partition coefficient (Wildman–Crippen LogP) is 1.40. The number of amides is 4. The van der Waals surface area contributed by atoms with Crippen LogP contribution < -0.4 is 10.7 Å². The standard InChI is InChI=1S/C19H27N5O3/c1-13-5-7-19(8-6-13)17(26)24(18(27)20-19)21-16(25)12-23-11-10-22-9-3-4-15(22)14(23)2/h3-4,9,13-14H,5-8,10-12H2,1-2H3,(H,20,27)(H,21,25)/t13?,14-,19?/m1/s1. The van der Waals surface area contributed by atoms with Crippen LogP contribution in [-0.2, 0) is 16.1 Å². The summed E-state index contributed by atoms with van der Waals surface area (Å²) in [6, 6.07) is 3.64. The van der Waals surface area contributed by atoms with E-state index in [0.29, 0.717) is 18.8 Å². The second-order valence-electron chi connectivity index (χ2n) is 8.14. The molecule has 0 unspecified atom stereocenters. The minimum Gasteiger partial charge on any atom is -0.349 e. The molecule has 2 aliphatic heterocycles. The Balaban J connectivity index is 1.38. The largest absolute Gasteiger partial charge is 0.349 e. The van der Waals surface area contributed by atoms with E-state index in [2.05, 4.69) is 40.1 Å². The van der Waals surface area contributed by atoms with Crippen molar-refractivity contribution in [3.63, 3.8) is 0 Å². The van der Waals surface area contributed by atoms with Gasteiger partial charge in [0.1, 0.15) is 5.54 Å². The van der Waals surface area contributed by atoms with Gasteiger partial charge in [0, 0.05) is 31.0 Å². The third kappa shape index (κ3) is 3.12. The van der Waals surface area contributed by atoms with E-state index < -0.39 is 11.6 Å². The van der Waals surface area contributed by atoms with E-state index in [-0.39, 0.29) is 24.4 Å². The van der Waals surface area contributed by atoms with Crippen molar-refractivity contribution in [3.05, 3.63) is 24.0 Å². The maximum atomic E-state index is 12.8. The molecule has 0 aromatic carbocycles. The number of rotatable bonds is 3. The molecular formula is C19H27N5O3. The molecular weight excluding hydrogens is 346 g/mol. The quantitative estimate of drug-likeness (QED) is 0.784. The summed E-state index contributed by atoms with van der Waals surface area (Å²) in [5.74, 6) is -0.108. The molecule has 1 saturated heterocycles. The van der Waals surface area contributed by atoms with Crippen LogP contribution in [0.1, 0.15) is 51.3 Å². The third-order valence-corrected chi connectivity index (χ3v) is 6.34. The summed E-state index contributed by atoms with van der Waals surface area (Å²) in [6.07, 6.45) is 5.11. The van der Waals surface area contributed by atoms with Gasteiger partial charge in [-0.2, -0.15) is 5.01 Å². The number of carbonyl (C=O) groups excluding carboxylic acids is 3. The van der Waals surface area contributed by atoms with E-state index in [0.717, 1.165) is 30.9 Å². The summed E-state index contributed by atoms with van der Waals surface area (Å²) in [7, 11) is 0. The van der Waals surface area contributed by atoms with Crippen molar-refractivity contribution in [2.24, 2.45) is 5.92 Å². The zero-order valence-corrected chi connectivity index (χ0v) is 15.9. The van der Waals surface area contributed by atoms with E-state index in [1.165, 1.54) is 5.69 Å². The van der Waals surface area contributed by atoms with Gasteiger partial charge in [-0.25, -0.2) is 4.79 Å². The molecule has 8 heteroatoms. The van der Waals surface area contributed by atoms with Gasteiger partial charge in [0.25, 0.3) is 11.8 Å². The number of hydrogen-bond acceptors (Lipinski definition) is 4. The first-order valence-corrected chi connectivity index (χ1v) is 9.75. The van der Waals surface area contributed by atoms with Crippen LogP contribution in [0, 0.1) is 5.92 Å². The van der Waals surface area contributed by atoms with Crippen molar-refractivity contribution in [1.82, 2.24) is 25.2 Å². The van der Waals surface area contributed by atoms with Crippen molar-refractivity contribution in [2.45, 2.75) is 57.7 Å². The summed E-state index contributed by atoms with van der Waals surface area (Å²) in [5.41, 5.74) is 2.86. The van der Waals surface area contributed by atoms with E-state index >= 15 is 0 Å². The smallest absolute Gasteiger partial charge is 0.344 e. The summed E-state index contributed by atoms with van der Waals surface area (Å²) >= 11 is 0. The molecule has 1 aromatic rings. The zero-order chi connectivity index (χ0) is 19.2. The second kappa shape index (κ2) is 6.67. The van der Waals surface area contributed by atoms with Gasteiger partial charge < -0.3 is 9.88 Å². The minimum absolute atomic E-state index is 0.105. The number of hydrazine groups is 1. The van der Waals surface area contributed by atoms with Gasteiger partial charge >= 0.3 is 6.03 Å². The summed E-state index contributed by atoms with van der Waals surface area (Å²) < 4.78 is 2.18. The molecule has 2 N–H and O–H groups in total. The van der Waals surface area contributed by atoms with Crippen LogP contribution in [0.5, 0.6) is 0 Å². The Bertz CT molecular complexity index is 765. The molecule has 1 saturated carbocycles. The van der Waals surface area contributed by atoms with E-state index in [1.54, 1.807) is 0 Å². The maximum Gasteiger partial charge on any atom is 0.344 e. The number of hydrogen-bond donors (Lipinski definition) is 2. The fourth-order valence-electron chi connectivity index (χ4n) is 4.50. The molecule has 146 valence electrons. The van der Waals surface area contributed by atoms with Crippen molar-refractivity contribution in [1.29, 1.82) is 0 Å². The highest BCUT2D eigenvalue weighted by atomic mass is 16.2. The highest BCUT2D eigenvalue weighted by Gasteiger charge is 2.52. The number of nitrogens with one attached hydrogen (secondary N) is 2. The number of fused-ring (bicyclic) bond motifs is 1. The molecule has 3 aliphatic rings. The highest BCUT2D eigenvalue weighted by molar-refractivity contribution is 6.08. The molecule has 1 spiro atoms. The molecule has 0 bridgehead atoms. The van der Waals surface area contributed by atoms with Crippen LogP contribution in [0.25, 0.3) is 0 Å². The van der Waals surface area contributed by atoms with Crippen molar-refractivity contribution >= 4 is 17.8 Å². The van der Waals surface area contributed by atoms with E-state index in [9.17, 15) is 14.4 Å². The van der Waals surface area contributed by atoms with Crippen LogP contribution in [0.3, 0.4) is 0 Å². The van der Waals surface area contributed by atoms with Crippen molar-refractivity contribution in [2.75, 3.05) is 13.1 Å². The lowest BCUT2D eigenvalue weighted by molar-refractivity contribution is -0.140. The number of carbonyl (C=O) groups is 3. The Labute approximate surface area is 158 Å². The van der Waals surface area contributed by atoms with Crippen LogP contribution >= 0.6 is 0 Å². The average Bonchev–Trinajstić information content (AvgIpc) is 3.20. The topological polar surface area (TPSA) is 86.7 Å². The van der Waals surface area contributed by atoms with Gasteiger partial charge in [0.15, 0.2) is 0 Å². The van der Waals surface area contributed by atoms with Crippen LogP contribution in [-0.4, -0.2) is 50.9 Å². The number of urea groups is 1. The number of imide groups is 1. The van der Waals surface area contributed by atoms with Crippen LogP contribution in [0.2, 0.25) is 0 Å². The van der Waals surface area contributed by atoms with Gasteiger partial charge in [0.05, 0.1) is 6.54 Å². The van der Waals surface area contributed by atoms with E-state index in [1.807, 2.05) is 12.3 Å². The molecule has 1 aromatic heterocycles. The number of nitrogens with zero attached hydrogens (tertiary/aromatic N) is 3. The lowest BCUT2D eigenvalue weighted by Crippen LogP contribution is -2.53. The molecule has 8 nitrogen and oxygen atoms in total. The molecule has 1 atom stereocenters. The molecule has 0 radical (unpaired) electrons. The third-order valence-electron chi connectivity index (χ3n) is 6.34. The van der Waals surface area contributed by atoms with Gasteiger partial charge in [-0.15, -0.1) is 0 Å². The lowest BCUT2D eigenvalue weighted by atomic mass is 9.77. The van der Waals surface area contributed by atoms with Gasteiger partial charge in [-0.05, 0) is 50.7 Å². The predicted molar refractivity (Wildman–Crippen MR) is 98.3 cm³/mol. The fourth-order valence-corrected chi connectivity index (χ4v) is 4.50. The van der Waals surface area contributed by atoms with Gasteiger partial charge in [-0.1, -0.05) is 6.92 Å². The zero-order valence-electron chi connectivity index (χ0n) is 15.9. The minimum atomic E-state index is -0.837. The summed E-state index contributed by atoms with van der Waals surface area (Å²) in [6.45, 7) is 5.93. The normalized spacial score (nSPS) is 31.1. The molecule has 4 rings (SSSR count). The molecule has 4 amide bonds. The first kappa shape index (κ1) is 18.0. The molecule has 27 heavy (non-hydrogen) atoms. The monoisotopic (exact) mass is 373 g/mol. The second-order valence-corrected chi connectivity index (χ2v) is 8.14. The van der Waals surface area contributed by atoms with Crippen molar-refractivity contribution < 1.29 is 14.4 Å². The Morgan fingerprint density at radius 3 is 2.74 bits per heavy atom. The Kier molecular flexibility index (Phi) is 4.46. The van der Waals surface area contributed by atoms with E-state index in [4.69, 9.17) is 0 Å². The first-order valence-electron chi connectivity index (χ1n) is 9.75. The van der Waals surface area contributed by atoms with Crippen LogP contribution in [0.4, 0.5) is 4.79 Å². The number of aromatic nitrogens is 1. The molecule has 3 heterocycles. The summed E-state index contributed by atoms with van der Waals surface area (Å²) in [5, 5.41) is 3.71.